The zero-order valence-electron chi connectivity index (χ0n) is 13.1. The Hall–Kier alpha value is -0.840. The molecule has 0 spiro atoms. The lowest BCUT2D eigenvalue weighted by atomic mass is 9.53. The first-order valence-electron chi connectivity index (χ1n) is 8.19. The Kier molecular flexibility index (Phi) is 3.89. The molecule has 3 N–H and O–H groups in total. The summed E-state index contributed by atoms with van der Waals surface area (Å²) in [5, 5.41) is 3.37. The fraction of sp³-hybridized carbons (Fsp3) is 0.875. The van der Waals surface area contributed by atoms with E-state index in [0.717, 1.165) is 17.8 Å². The minimum atomic E-state index is 0.0417. The summed E-state index contributed by atoms with van der Waals surface area (Å²) in [6.45, 7) is 2.56. The van der Waals surface area contributed by atoms with Gasteiger partial charge in [0.2, 0.25) is 0 Å². The van der Waals surface area contributed by atoms with Gasteiger partial charge >= 0.3 is 6.03 Å². The van der Waals surface area contributed by atoms with Gasteiger partial charge in [-0.05, 0) is 56.3 Å². The normalized spacial score (nSPS) is 38.1. The van der Waals surface area contributed by atoms with Crippen molar-refractivity contribution in [1.82, 2.24) is 10.2 Å². The van der Waals surface area contributed by atoms with Gasteiger partial charge in [0, 0.05) is 25.0 Å². The van der Waals surface area contributed by atoms with Crippen LogP contribution in [0.4, 0.5) is 4.79 Å². The predicted molar refractivity (Wildman–Crippen MR) is 88.0 cm³/mol. The van der Waals surface area contributed by atoms with Gasteiger partial charge in [-0.3, -0.25) is 0 Å². The van der Waals surface area contributed by atoms with Gasteiger partial charge in [0.1, 0.15) is 0 Å². The number of amides is 2. The van der Waals surface area contributed by atoms with Crippen LogP contribution in [-0.2, 0) is 0 Å². The summed E-state index contributed by atoms with van der Waals surface area (Å²) in [6.07, 6.45) is 7.73. The topological polar surface area (TPSA) is 58.4 Å². The lowest BCUT2D eigenvalue weighted by Gasteiger charge is -2.57. The number of nitrogens with two attached hydrogens (primary N) is 1. The fourth-order valence-electron chi connectivity index (χ4n) is 5.17. The van der Waals surface area contributed by atoms with Crippen molar-refractivity contribution in [3.63, 3.8) is 0 Å². The molecule has 4 nitrogen and oxygen atoms in total. The van der Waals surface area contributed by atoms with Crippen molar-refractivity contribution in [2.45, 2.75) is 51.0 Å². The number of thiocarbonyl (C=S) groups is 1. The third-order valence-electron chi connectivity index (χ3n) is 5.79. The molecule has 4 fully saturated rings. The number of urea groups is 1. The summed E-state index contributed by atoms with van der Waals surface area (Å²) in [4.78, 5) is 14.7. The Labute approximate surface area is 132 Å². The van der Waals surface area contributed by atoms with Crippen LogP contribution < -0.4 is 11.1 Å². The Morgan fingerprint density at radius 1 is 1.29 bits per heavy atom. The zero-order chi connectivity index (χ0) is 15.2. The third kappa shape index (κ3) is 3.03. The van der Waals surface area contributed by atoms with Crippen molar-refractivity contribution in [2.75, 3.05) is 13.6 Å². The first-order chi connectivity index (χ1) is 9.87. The van der Waals surface area contributed by atoms with Crippen molar-refractivity contribution in [3.05, 3.63) is 0 Å². The van der Waals surface area contributed by atoms with Gasteiger partial charge in [-0.1, -0.05) is 19.1 Å². The lowest BCUT2D eigenvalue weighted by molar-refractivity contribution is -0.0153. The van der Waals surface area contributed by atoms with Crippen LogP contribution in [0.2, 0.25) is 0 Å². The second kappa shape index (κ2) is 5.41. The quantitative estimate of drug-likeness (QED) is 0.785. The molecule has 0 heterocycles. The third-order valence-corrected chi connectivity index (χ3v) is 6.19. The van der Waals surface area contributed by atoms with Crippen LogP contribution in [-0.4, -0.2) is 35.1 Å². The summed E-state index contributed by atoms with van der Waals surface area (Å²) < 4.78 is 0. The molecular formula is C16H27N3OS. The van der Waals surface area contributed by atoms with Crippen molar-refractivity contribution in [3.8, 4) is 0 Å². The van der Waals surface area contributed by atoms with Gasteiger partial charge in [0.15, 0.2) is 0 Å². The van der Waals surface area contributed by atoms with Crippen LogP contribution in [0.25, 0.3) is 0 Å². The molecule has 1 unspecified atom stereocenters. The van der Waals surface area contributed by atoms with Gasteiger partial charge in [0.25, 0.3) is 0 Å². The van der Waals surface area contributed by atoms with Crippen LogP contribution in [0.5, 0.6) is 0 Å². The molecule has 0 aliphatic heterocycles. The van der Waals surface area contributed by atoms with E-state index in [2.05, 4.69) is 5.32 Å². The molecule has 118 valence electrons. The number of hydrogen-bond acceptors (Lipinski definition) is 2. The highest BCUT2D eigenvalue weighted by Gasteiger charge is 2.51. The summed E-state index contributed by atoms with van der Waals surface area (Å²) in [5.74, 6) is 2.60. The highest BCUT2D eigenvalue weighted by atomic mass is 32.1. The van der Waals surface area contributed by atoms with Crippen molar-refractivity contribution in [1.29, 1.82) is 0 Å². The van der Waals surface area contributed by atoms with Gasteiger partial charge in [-0.25, -0.2) is 4.79 Å². The van der Waals surface area contributed by atoms with E-state index < -0.39 is 0 Å². The van der Waals surface area contributed by atoms with Gasteiger partial charge in [-0.15, -0.1) is 0 Å². The van der Waals surface area contributed by atoms with Gasteiger partial charge in [0.05, 0.1) is 4.99 Å². The number of carbonyl (C=O) groups is 1. The monoisotopic (exact) mass is 309 g/mol. The van der Waals surface area contributed by atoms with Crippen LogP contribution in [0.15, 0.2) is 0 Å². The molecule has 0 aromatic rings. The minimum Gasteiger partial charge on any atom is -0.393 e. The van der Waals surface area contributed by atoms with Crippen molar-refractivity contribution < 1.29 is 4.79 Å². The molecule has 4 saturated carbocycles. The maximum Gasteiger partial charge on any atom is 0.317 e. The Morgan fingerprint density at radius 2 is 1.76 bits per heavy atom. The molecule has 0 aromatic heterocycles. The first-order valence-corrected chi connectivity index (χ1v) is 8.60. The minimum absolute atomic E-state index is 0.0417. The number of rotatable bonds is 4. The Morgan fingerprint density at radius 3 is 2.19 bits per heavy atom. The van der Waals surface area contributed by atoms with Crippen LogP contribution in [0, 0.1) is 23.7 Å². The van der Waals surface area contributed by atoms with E-state index in [9.17, 15) is 4.79 Å². The molecule has 21 heavy (non-hydrogen) atoms. The highest BCUT2D eigenvalue weighted by Crippen LogP contribution is 2.55. The van der Waals surface area contributed by atoms with E-state index in [1.165, 1.54) is 38.5 Å². The van der Waals surface area contributed by atoms with Crippen molar-refractivity contribution >= 4 is 23.2 Å². The van der Waals surface area contributed by atoms with Crippen LogP contribution in [0.3, 0.4) is 0 Å². The molecule has 4 rings (SSSR count). The first kappa shape index (κ1) is 15.1. The van der Waals surface area contributed by atoms with E-state index in [0.29, 0.717) is 11.5 Å². The number of carbonyl (C=O) groups excluding carboxylic acids is 1. The number of nitrogens with one attached hydrogen (secondary N) is 1. The average Bonchev–Trinajstić information content (AvgIpc) is 2.35. The van der Waals surface area contributed by atoms with Crippen LogP contribution in [0.1, 0.15) is 45.4 Å². The van der Waals surface area contributed by atoms with E-state index in [1.54, 1.807) is 4.90 Å². The van der Waals surface area contributed by atoms with E-state index in [1.807, 2.05) is 14.0 Å². The second-order valence-corrected chi connectivity index (χ2v) is 8.28. The van der Waals surface area contributed by atoms with E-state index in [4.69, 9.17) is 18.0 Å². The molecule has 4 bridgehead atoms. The van der Waals surface area contributed by atoms with Crippen molar-refractivity contribution in [2.24, 2.45) is 29.4 Å². The molecule has 0 saturated heterocycles. The lowest BCUT2D eigenvalue weighted by Crippen LogP contribution is -2.61. The Bertz CT molecular complexity index is 416. The van der Waals surface area contributed by atoms with Crippen LogP contribution >= 0.6 is 12.2 Å². The standard InChI is InChI=1S/C16H27N3OS/c1-10(14(17)21)9-19(2)15(20)18-16-6-11-3-12(7-16)5-13(4-11)8-16/h10-13H,3-9H2,1-2H3,(H2,17,21)(H,18,20). The van der Waals surface area contributed by atoms with E-state index >= 15 is 0 Å². The molecule has 2 amide bonds. The molecule has 5 heteroatoms. The summed E-state index contributed by atoms with van der Waals surface area (Å²) >= 11 is 4.99. The van der Waals surface area contributed by atoms with E-state index in [-0.39, 0.29) is 17.5 Å². The summed E-state index contributed by atoms with van der Waals surface area (Å²) in [5.41, 5.74) is 5.72. The molecule has 1 atom stereocenters. The SMILES string of the molecule is CC(CN(C)C(=O)NC12CC3CC(CC(C3)C1)C2)C(N)=S. The molecule has 0 aromatic carbocycles. The summed E-state index contributed by atoms with van der Waals surface area (Å²) in [7, 11) is 1.84. The zero-order valence-corrected chi connectivity index (χ0v) is 13.9. The number of nitrogens with zero attached hydrogens (tertiary/aromatic N) is 1. The molecule has 4 aliphatic rings. The molecule has 0 radical (unpaired) electrons. The second-order valence-electron chi connectivity index (χ2n) is 7.81. The Balaban J connectivity index is 1.61. The number of hydrogen-bond donors (Lipinski definition) is 2. The molecule has 4 aliphatic carbocycles. The summed E-state index contributed by atoms with van der Waals surface area (Å²) in [6, 6.07) is 0.0417. The molecular weight excluding hydrogens is 282 g/mol. The smallest absolute Gasteiger partial charge is 0.317 e. The average molecular weight is 309 g/mol. The van der Waals surface area contributed by atoms with Gasteiger partial charge < -0.3 is 16.0 Å². The maximum absolute atomic E-state index is 12.5. The fourth-order valence-corrected chi connectivity index (χ4v) is 5.24. The highest BCUT2D eigenvalue weighted by molar-refractivity contribution is 7.80. The largest absolute Gasteiger partial charge is 0.393 e. The van der Waals surface area contributed by atoms with Gasteiger partial charge in [-0.2, -0.15) is 0 Å². The maximum atomic E-state index is 12.5. The predicted octanol–water partition coefficient (Wildman–Crippen LogP) is 2.52.